The van der Waals surface area contributed by atoms with Gasteiger partial charge >= 0.3 is 12.0 Å². The number of likely N-dealkylation sites (tertiary alicyclic amines) is 1. The van der Waals surface area contributed by atoms with Gasteiger partial charge in [0, 0.05) is 31.8 Å². The number of carbonyl (C=O) groups excluding carboxylic acids is 2. The highest BCUT2D eigenvalue weighted by Gasteiger charge is 2.46. The van der Waals surface area contributed by atoms with E-state index >= 15 is 0 Å². The molecule has 1 aliphatic rings. The molecular weight excluding hydrogens is 362 g/mol. The lowest BCUT2D eigenvalue weighted by Crippen LogP contribution is -2.45. The van der Waals surface area contributed by atoms with Crippen LogP contribution in [0.15, 0.2) is 24.3 Å². The van der Waals surface area contributed by atoms with Crippen molar-refractivity contribution < 1.29 is 24.2 Å². The monoisotopic (exact) mass is 383 g/mol. The summed E-state index contributed by atoms with van der Waals surface area (Å²) in [6.07, 6.45) is 0.324. The molecule has 0 radical (unpaired) electrons. The van der Waals surface area contributed by atoms with Gasteiger partial charge in [0.05, 0.1) is 13.2 Å². The van der Waals surface area contributed by atoms with Gasteiger partial charge in [-0.05, 0) is 24.1 Å². The van der Waals surface area contributed by atoms with Crippen molar-refractivity contribution >= 4 is 29.5 Å². The molecule has 1 atom stereocenters. The molecule has 3 amide bonds. The number of ether oxygens (including phenoxy) is 1. The van der Waals surface area contributed by atoms with Crippen LogP contribution in [0.25, 0.3) is 0 Å². The minimum absolute atomic E-state index is 0.0428. The van der Waals surface area contributed by atoms with Gasteiger partial charge in [0.2, 0.25) is 5.91 Å². The summed E-state index contributed by atoms with van der Waals surface area (Å²) in [6.45, 7) is 0.540. The van der Waals surface area contributed by atoms with Crippen molar-refractivity contribution in [2.75, 3.05) is 33.4 Å². The van der Waals surface area contributed by atoms with E-state index < -0.39 is 17.4 Å². The number of methoxy groups -OCH3 is 1. The third-order valence-corrected chi connectivity index (χ3v) is 4.60. The van der Waals surface area contributed by atoms with E-state index in [4.69, 9.17) is 16.3 Å². The van der Waals surface area contributed by atoms with Crippen LogP contribution in [0.2, 0.25) is 5.02 Å². The van der Waals surface area contributed by atoms with Gasteiger partial charge in [0.1, 0.15) is 5.41 Å². The first kappa shape index (κ1) is 20.0. The van der Waals surface area contributed by atoms with Gasteiger partial charge in [0.15, 0.2) is 0 Å². The molecule has 1 aromatic rings. The summed E-state index contributed by atoms with van der Waals surface area (Å²) in [5.41, 5.74) is -0.206. The number of rotatable bonds is 7. The third kappa shape index (κ3) is 5.09. The molecule has 1 saturated heterocycles. The van der Waals surface area contributed by atoms with Crippen molar-refractivity contribution in [3.63, 3.8) is 0 Å². The fraction of sp³-hybridized carbons (Fsp3) is 0.471. The summed E-state index contributed by atoms with van der Waals surface area (Å²) < 4.78 is 4.99. The van der Waals surface area contributed by atoms with Gasteiger partial charge in [-0.3, -0.25) is 9.59 Å². The number of amides is 3. The number of carboxylic acids is 1. The average molecular weight is 384 g/mol. The lowest BCUT2D eigenvalue weighted by molar-refractivity contribution is -0.151. The molecule has 3 N–H and O–H groups in total. The zero-order valence-electron chi connectivity index (χ0n) is 14.5. The predicted octanol–water partition coefficient (Wildman–Crippen LogP) is 1.09. The van der Waals surface area contributed by atoms with Crippen LogP contribution in [0.5, 0.6) is 0 Å². The number of halogens is 1. The van der Waals surface area contributed by atoms with Crippen molar-refractivity contribution in [1.29, 1.82) is 0 Å². The van der Waals surface area contributed by atoms with Crippen molar-refractivity contribution in [3.8, 4) is 0 Å². The van der Waals surface area contributed by atoms with Gasteiger partial charge < -0.3 is 25.4 Å². The van der Waals surface area contributed by atoms with E-state index in [-0.39, 0.29) is 25.6 Å². The molecule has 1 heterocycles. The number of hydrogen-bond acceptors (Lipinski definition) is 4. The van der Waals surface area contributed by atoms with Crippen LogP contribution in [-0.2, 0) is 20.9 Å². The van der Waals surface area contributed by atoms with Crippen LogP contribution < -0.4 is 10.6 Å². The van der Waals surface area contributed by atoms with Gasteiger partial charge in [-0.25, -0.2) is 4.79 Å². The summed E-state index contributed by atoms with van der Waals surface area (Å²) in [5, 5.41) is 15.1. The molecule has 1 unspecified atom stereocenters. The summed E-state index contributed by atoms with van der Waals surface area (Å²) in [5.74, 6) is -1.31. The van der Waals surface area contributed by atoms with E-state index in [9.17, 15) is 19.5 Å². The number of carbonyl (C=O) groups is 3. The third-order valence-electron chi connectivity index (χ3n) is 4.35. The highest BCUT2D eigenvalue weighted by molar-refractivity contribution is 6.30. The predicted molar refractivity (Wildman–Crippen MR) is 94.8 cm³/mol. The van der Waals surface area contributed by atoms with Gasteiger partial charge in [0.25, 0.3) is 0 Å². The van der Waals surface area contributed by atoms with Crippen LogP contribution in [0.3, 0.4) is 0 Å². The molecule has 2 rings (SSSR count). The summed E-state index contributed by atoms with van der Waals surface area (Å²) in [6, 6.07) is 6.55. The van der Waals surface area contributed by atoms with E-state index in [0.717, 1.165) is 5.56 Å². The second kappa shape index (κ2) is 8.86. The quantitative estimate of drug-likeness (QED) is 0.653. The molecule has 0 aromatic heterocycles. The molecule has 0 aliphatic carbocycles. The minimum Gasteiger partial charge on any atom is -0.481 e. The number of hydrogen-bond donors (Lipinski definition) is 3. The van der Waals surface area contributed by atoms with Gasteiger partial charge in [-0.15, -0.1) is 0 Å². The van der Waals surface area contributed by atoms with Crippen molar-refractivity contribution in [2.45, 2.75) is 13.0 Å². The lowest BCUT2D eigenvalue weighted by atomic mass is 9.88. The molecule has 26 heavy (non-hydrogen) atoms. The van der Waals surface area contributed by atoms with Crippen LogP contribution in [-0.4, -0.2) is 61.3 Å². The number of benzene rings is 1. The zero-order valence-corrected chi connectivity index (χ0v) is 15.2. The standard InChI is InChI=1S/C17H22ClN3O5/c1-26-11-17(15(23)24)6-7-21(10-17)14(22)9-20-16(25)19-8-12-2-4-13(18)5-3-12/h2-5H,6-11H2,1H3,(H,23,24)(H2,19,20,25). The molecule has 1 aliphatic heterocycles. The minimum atomic E-state index is -1.08. The molecule has 8 nitrogen and oxygen atoms in total. The summed E-state index contributed by atoms with van der Waals surface area (Å²) in [4.78, 5) is 36.9. The highest BCUT2D eigenvalue weighted by Crippen LogP contribution is 2.31. The Bertz CT molecular complexity index is 667. The van der Waals surface area contributed by atoms with E-state index in [1.807, 2.05) is 0 Å². The van der Waals surface area contributed by atoms with Crippen molar-refractivity contribution in [2.24, 2.45) is 5.41 Å². The van der Waals surface area contributed by atoms with Gasteiger partial charge in [-0.2, -0.15) is 0 Å². The number of nitrogens with one attached hydrogen (secondary N) is 2. The van der Waals surface area contributed by atoms with Crippen LogP contribution in [0, 0.1) is 5.41 Å². The average Bonchev–Trinajstić information content (AvgIpc) is 3.05. The normalized spacial score (nSPS) is 19.2. The Labute approximate surface area is 156 Å². The van der Waals surface area contributed by atoms with Gasteiger partial charge in [-0.1, -0.05) is 23.7 Å². The SMILES string of the molecule is COCC1(C(=O)O)CCN(C(=O)CNC(=O)NCc2ccc(Cl)cc2)C1. The van der Waals surface area contributed by atoms with Crippen molar-refractivity contribution in [3.05, 3.63) is 34.9 Å². The Balaban J connectivity index is 1.76. The molecule has 142 valence electrons. The molecule has 1 fully saturated rings. The first-order valence-corrected chi connectivity index (χ1v) is 8.50. The Morgan fingerprint density at radius 2 is 1.96 bits per heavy atom. The number of aliphatic carboxylic acids is 1. The Morgan fingerprint density at radius 1 is 1.27 bits per heavy atom. The largest absolute Gasteiger partial charge is 0.481 e. The lowest BCUT2D eigenvalue weighted by Gasteiger charge is -2.23. The first-order valence-electron chi connectivity index (χ1n) is 8.12. The van der Waals surface area contributed by atoms with E-state index in [1.165, 1.54) is 12.0 Å². The zero-order chi connectivity index (χ0) is 19.2. The maximum Gasteiger partial charge on any atom is 0.315 e. The maximum absolute atomic E-state index is 12.2. The smallest absolute Gasteiger partial charge is 0.315 e. The molecule has 0 saturated carbocycles. The molecule has 9 heteroatoms. The topological polar surface area (TPSA) is 108 Å². The Morgan fingerprint density at radius 3 is 2.58 bits per heavy atom. The maximum atomic E-state index is 12.2. The Kier molecular flexibility index (Phi) is 6.82. The fourth-order valence-corrected chi connectivity index (χ4v) is 2.96. The van der Waals surface area contributed by atoms with E-state index in [0.29, 0.717) is 24.5 Å². The van der Waals surface area contributed by atoms with Crippen LogP contribution in [0.1, 0.15) is 12.0 Å². The van der Waals surface area contributed by atoms with Crippen molar-refractivity contribution in [1.82, 2.24) is 15.5 Å². The fourth-order valence-electron chi connectivity index (χ4n) is 2.83. The van der Waals surface area contributed by atoms with E-state index in [1.54, 1.807) is 24.3 Å². The molecule has 0 spiro atoms. The number of urea groups is 1. The van der Waals surface area contributed by atoms with Crippen LogP contribution in [0.4, 0.5) is 4.79 Å². The molecule has 1 aromatic carbocycles. The number of nitrogens with zero attached hydrogens (tertiary/aromatic N) is 1. The molecule has 0 bridgehead atoms. The number of carboxylic acid groups (broad SMARTS) is 1. The highest BCUT2D eigenvalue weighted by atomic mass is 35.5. The van der Waals surface area contributed by atoms with E-state index in [2.05, 4.69) is 10.6 Å². The summed E-state index contributed by atoms with van der Waals surface area (Å²) >= 11 is 5.79. The second-order valence-corrected chi connectivity index (χ2v) is 6.68. The van der Waals surface area contributed by atoms with Crippen LogP contribution >= 0.6 is 11.6 Å². The first-order chi connectivity index (χ1) is 12.4. The second-order valence-electron chi connectivity index (χ2n) is 6.25. The Hall–Kier alpha value is -2.32. The molecular formula is C17H22ClN3O5. The summed E-state index contributed by atoms with van der Waals surface area (Å²) in [7, 11) is 1.43.